The van der Waals surface area contributed by atoms with Gasteiger partial charge in [0.25, 0.3) is 5.56 Å². The minimum atomic E-state index is -0.252. The number of nitrogens with zero attached hydrogens (tertiary/aromatic N) is 4. The van der Waals surface area contributed by atoms with E-state index in [0.29, 0.717) is 24.0 Å². The molecular formula is C22H24N6O. The second-order valence-electron chi connectivity index (χ2n) is 6.94. The summed E-state index contributed by atoms with van der Waals surface area (Å²) in [5.74, 6) is 2.81. The smallest absolute Gasteiger partial charge is 0.260 e. The molecule has 0 aliphatic rings. The van der Waals surface area contributed by atoms with Gasteiger partial charge >= 0.3 is 0 Å². The summed E-state index contributed by atoms with van der Waals surface area (Å²) in [5, 5.41) is 6.70. The Kier molecular flexibility index (Phi) is 5.84. The summed E-state index contributed by atoms with van der Waals surface area (Å²) in [6.07, 6.45) is 5.59. The Morgan fingerprint density at radius 1 is 1.24 bits per heavy atom. The van der Waals surface area contributed by atoms with Crippen LogP contribution >= 0.6 is 0 Å². The molecule has 7 heteroatoms. The standard InChI is InChI=1S/C22H24N6O/c1-5-12-28(18-9-7-17(8-10-18)15(2)26-27(3)4)14-16-6-11-20-19(13-16)21(29)25-22(23)24-20/h1,6-11,13H,12,14H2,2-4H3,(H3,23,24,25,29). The Bertz CT molecular complexity index is 1140. The van der Waals surface area contributed by atoms with Crippen molar-refractivity contribution in [2.75, 3.05) is 31.3 Å². The van der Waals surface area contributed by atoms with Crippen molar-refractivity contribution in [2.24, 2.45) is 5.10 Å². The highest BCUT2D eigenvalue weighted by Crippen LogP contribution is 2.20. The molecule has 0 saturated heterocycles. The fraction of sp³-hybridized carbons (Fsp3) is 0.227. The van der Waals surface area contributed by atoms with Crippen LogP contribution in [0, 0.1) is 12.3 Å². The number of hydrazone groups is 1. The molecule has 3 N–H and O–H groups in total. The number of aromatic nitrogens is 2. The summed E-state index contributed by atoms with van der Waals surface area (Å²) in [4.78, 5) is 20.9. The molecule has 0 spiro atoms. The average molecular weight is 388 g/mol. The van der Waals surface area contributed by atoms with Crippen LogP contribution in [0.15, 0.2) is 52.4 Å². The maximum Gasteiger partial charge on any atom is 0.260 e. The van der Waals surface area contributed by atoms with Crippen LogP contribution < -0.4 is 16.2 Å². The molecule has 0 aliphatic carbocycles. The lowest BCUT2D eigenvalue weighted by molar-refractivity contribution is 0.438. The van der Waals surface area contributed by atoms with E-state index in [0.717, 1.165) is 22.5 Å². The molecule has 3 rings (SSSR count). The van der Waals surface area contributed by atoms with Gasteiger partial charge in [-0.2, -0.15) is 5.10 Å². The number of hydrogen-bond donors (Lipinski definition) is 2. The zero-order valence-electron chi connectivity index (χ0n) is 16.8. The fourth-order valence-corrected chi connectivity index (χ4v) is 3.14. The first kappa shape index (κ1) is 20.0. The van der Waals surface area contributed by atoms with Crippen molar-refractivity contribution in [1.82, 2.24) is 15.0 Å². The number of nitrogens with two attached hydrogens (primary N) is 1. The van der Waals surface area contributed by atoms with Crippen LogP contribution in [0.1, 0.15) is 18.1 Å². The van der Waals surface area contributed by atoms with E-state index in [4.69, 9.17) is 12.2 Å². The van der Waals surface area contributed by atoms with Gasteiger partial charge in [-0.25, -0.2) is 4.98 Å². The lowest BCUT2D eigenvalue weighted by Gasteiger charge is -2.23. The molecule has 0 unspecified atom stereocenters. The molecule has 2 aromatic carbocycles. The molecule has 0 bridgehead atoms. The summed E-state index contributed by atoms with van der Waals surface area (Å²) < 4.78 is 0. The minimum Gasteiger partial charge on any atom is -0.369 e. The number of fused-ring (bicyclic) bond motifs is 1. The van der Waals surface area contributed by atoms with Gasteiger partial charge in [0.2, 0.25) is 5.95 Å². The number of rotatable bonds is 6. The quantitative estimate of drug-likeness (QED) is 0.384. The molecule has 0 amide bonds. The minimum absolute atomic E-state index is 0.109. The molecule has 0 aliphatic heterocycles. The highest BCUT2D eigenvalue weighted by Gasteiger charge is 2.10. The molecule has 7 nitrogen and oxygen atoms in total. The Morgan fingerprint density at radius 2 is 1.97 bits per heavy atom. The van der Waals surface area contributed by atoms with E-state index in [2.05, 4.69) is 25.9 Å². The van der Waals surface area contributed by atoms with E-state index in [1.165, 1.54) is 0 Å². The van der Waals surface area contributed by atoms with Gasteiger partial charge in [0.1, 0.15) is 0 Å². The summed E-state index contributed by atoms with van der Waals surface area (Å²) >= 11 is 0. The van der Waals surface area contributed by atoms with Crippen LogP contribution in [0.5, 0.6) is 0 Å². The van der Waals surface area contributed by atoms with E-state index in [9.17, 15) is 4.79 Å². The van der Waals surface area contributed by atoms with Gasteiger partial charge in [0, 0.05) is 26.3 Å². The first-order valence-electron chi connectivity index (χ1n) is 9.17. The van der Waals surface area contributed by atoms with Crippen molar-refractivity contribution in [3.05, 3.63) is 63.9 Å². The van der Waals surface area contributed by atoms with Gasteiger partial charge < -0.3 is 15.6 Å². The zero-order valence-corrected chi connectivity index (χ0v) is 16.8. The second kappa shape index (κ2) is 8.48. The number of terminal acetylenes is 1. The third-order valence-electron chi connectivity index (χ3n) is 4.44. The molecule has 0 radical (unpaired) electrons. The van der Waals surface area contributed by atoms with Gasteiger partial charge in [-0.1, -0.05) is 24.1 Å². The van der Waals surface area contributed by atoms with Crippen LogP contribution in [-0.4, -0.2) is 41.3 Å². The number of benzene rings is 2. The van der Waals surface area contributed by atoms with E-state index in [-0.39, 0.29) is 11.5 Å². The molecule has 29 heavy (non-hydrogen) atoms. The normalized spacial score (nSPS) is 11.3. The lowest BCUT2D eigenvalue weighted by Crippen LogP contribution is -2.23. The maximum absolute atomic E-state index is 12.2. The van der Waals surface area contributed by atoms with Crippen LogP contribution in [0.4, 0.5) is 11.6 Å². The number of nitrogen functional groups attached to an aromatic ring is 1. The summed E-state index contributed by atoms with van der Waals surface area (Å²) in [6, 6.07) is 13.7. The van der Waals surface area contributed by atoms with Gasteiger partial charge in [-0.3, -0.25) is 9.78 Å². The van der Waals surface area contributed by atoms with E-state index in [1.54, 1.807) is 11.1 Å². The van der Waals surface area contributed by atoms with Gasteiger partial charge in [-0.15, -0.1) is 6.42 Å². The molecule has 1 aromatic heterocycles. The van der Waals surface area contributed by atoms with E-state index in [1.807, 2.05) is 57.4 Å². The Hall–Kier alpha value is -3.79. The zero-order chi connectivity index (χ0) is 21.0. The third kappa shape index (κ3) is 4.74. The predicted molar refractivity (Wildman–Crippen MR) is 119 cm³/mol. The average Bonchev–Trinajstić information content (AvgIpc) is 2.67. The van der Waals surface area contributed by atoms with Crippen LogP contribution in [0.25, 0.3) is 10.9 Å². The largest absolute Gasteiger partial charge is 0.369 e. The van der Waals surface area contributed by atoms with Crippen molar-refractivity contribution in [1.29, 1.82) is 0 Å². The van der Waals surface area contributed by atoms with Gasteiger partial charge in [0.15, 0.2) is 0 Å². The van der Waals surface area contributed by atoms with Gasteiger partial charge in [0.05, 0.1) is 23.2 Å². The summed E-state index contributed by atoms with van der Waals surface area (Å²) in [6.45, 7) is 2.98. The molecule has 0 saturated carbocycles. The Morgan fingerprint density at radius 3 is 2.62 bits per heavy atom. The highest BCUT2D eigenvalue weighted by atomic mass is 16.1. The van der Waals surface area contributed by atoms with Crippen molar-refractivity contribution in [3.63, 3.8) is 0 Å². The first-order valence-corrected chi connectivity index (χ1v) is 9.17. The number of hydrogen-bond acceptors (Lipinski definition) is 6. The Balaban J connectivity index is 1.88. The fourth-order valence-electron chi connectivity index (χ4n) is 3.14. The number of nitrogens with one attached hydrogen (secondary N) is 1. The summed E-state index contributed by atoms with van der Waals surface area (Å²) in [5.41, 5.74) is 9.86. The number of anilines is 2. The van der Waals surface area contributed by atoms with Crippen molar-refractivity contribution >= 4 is 28.3 Å². The van der Waals surface area contributed by atoms with Crippen LogP contribution in [0.3, 0.4) is 0 Å². The first-order chi connectivity index (χ1) is 13.9. The molecule has 0 atom stereocenters. The summed E-state index contributed by atoms with van der Waals surface area (Å²) in [7, 11) is 3.79. The van der Waals surface area contributed by atoms with Crippen LogP contribution in [0.2, 0.25) is 0 Å². The van der Waals surface area contributed by atoms with Crippen molar-refractivity contribution in [2.45, 2.75) is 13.5 Å². The molecular weight excluding hydrogens is 364 g/mol. The monoisotopic (exact) mass is 388 g/mol. The SMILES string of the molecule is C#CCN(Cc1ccc2nc(N)[nH]c(=O)c2c1)c1ccc(C(C)=NN(C)C)cc1. The van der Waals surface area contributed by atoms with Gasteiger partial charge in [-0.05, 0) is 42.3 Å². The van der Waals surface area contributed by atoms with Crippen molar-refractivity contribution in [3.8, 4) is 12.3 Å². The predicted octanol–water partition coefficient (Wildman–Crippen LogP) is 2.43. The van der Waals surface area contributed by atoms with E-state index < -0.39 is 0 Å². The molecule has 1 heterocycles. The number of H-pyrrole nitrogens is 1. The van der Waals surface area contributed by atoms with E-state index >= 15 is 0 Å². The number of aromatic amines is 1. The topological polar surface area (TPSA) is 90.6 Å². The van der Waals surface area contributed by atoms with Crippen molar-refractivity contribution < 1.29 is 0 Å². The highest BCUT2D eigenvalue weighted by molar-refractivity contribution is 5.98. The maximum atomic E-state index is 12.2. The van der Waals surface area contributed by atoms with Crippen LogP contribution in [-0.2, 0) is 6.54 Å². The molecule has 148 valence electrons. The molecule has 0 fully saturated rings. The lowest BCUT2D eigenvalue weighted by atomic mass is 10.1. The second-order valence-corrected chi connectivity index (χ2v) is 6.94. The third-order valence-corrected chi connectivity index (χ3v) is 4.44. The molecule has 3 aromatic rings. The Labute approximate surface area is 169 Å².